The summed E-state index contributed by atoms with van der Waals surface area (Å²) in [6.07, 6.45) is 2.06. The van der Waals surface area contributed by atoms with E-state index in [-0.39, 0.29) is 0 Å². The number of ether oxygens (including phenoxy) is 1. The van der Waals surface area contributed by atoms with Gasteiger partial charge in [-0.1, -0.05) is 84.9 Å². The summed E-state index contributed by atoms with van der Waals surface area (Å²) >= 11 is 1.15. The number of hydrogen-bond acceptors (Lipinski definition) is 5. The van der Waals surface area contributed by atoms with Crippen molar-refractivity contribution in [2.45, 2.75) is 19.4 Å². The zero-order chi connectivity index (χ0) is 24.3. The Balaban J connectivity index is 1.75. The van der Waals surface area contributed by atoms with Gasteiger partial charge in [0.25, 0.3) is 0 Å². The molecule has 0 saturated heterocycles. The fraction of sp³-hybridized carbons (Fsp3) is 0.172. The minimum atomic E-state index is -3.43. The lowest BCUT2D eigenvalue weighted by Crippen LogP contribution is -2.35. The van der Waals surface area contributed by atoms with Crippen molar-refractivity contribution in [2.24, 2.45) is 0 Å². The zero-order valence-electron chi connectivity index (χ0n) is 19.7. The standard InChI is InChI=1S/C29H27O4PS/c1-3-31-34(30,32-4-2)35-28-21-29(24-14-6-5-7-15-24,33-27-17-11-10-16-26(27)28)25-19-18-22-12-8-9-13-23(22)20-25/h5-21H,3-4H2,1-2H3. The third kappa shape index (κ3) is 4.70. The average Bonchev–Trinajstić information content (AvgIpc) is 2.89. The number of fused-ring (bicyclic) bond motifs is 2. The molecule has 4 aromatic carbocycles. The number of benzene rings is 4. The molecule has 1 heterocycles. The van der Waals surface area contributed by atoms with Crippen LogP contribution >= 0.6 is 18.2 Å². The number of para-hydroxylation sites is 1. The molecule has 6 heteroatoms. The second-order valence-electron chi connectivity index (χ2n) is 8.14. The Kier molecular flexibility index (Phi) is 6.86. The van der Waals surface area contributed by atoms with Gasteiger partial charge in [-0.25, -0.2) is 4.57 Å². The maximum atomic E-state index is 13.6. The van der Waals surface area contributed by atoms with E-state index in [0.29, 0.717) is 19.0 Å². The molecule has 35 heavy (non-hydrogen) atoms. The maximum absolute atomic E-state index is 13.6. The fourth-order valence-electron chi connectivity index (χ4n) is 4.38. The van der Waals surface area contributed by atoms with E-state index in [1.165, 1.54) is 0 Å². The van der Waals surface area contributed by atoms with Gasteiger partial charge in [0, 0.05) is 21.6 Å². The molecule has 1 unspecified atom stereocenters. The second-order valence-corrected chi connectivity index (χ2v) is 12.1. The van der Waals surface area contributed by atoms with Crippen molar-refractivity contribution in [3.05, 3.63) is 120 Å². The molecule has 1 aliphatic rings. The van der Waals surface area contributed by atoms with Crippen LogP contribution in [0.15, 0.2) is 103 Å². The highest BCUT2D eigenvalue weighted by atomic mass is 32.7. The minimum absolute atomic E-state index is 0.296. The predicted octanol–water partition coefficient (Wildman–Crippen LogP) is 8.43. The normalized spacial score (nSPS) is 17.5. The third-order valence-electron chi connectivity index (χ3n) is 5.92. The quantitative estimate of drug-likeness (QED) is 0.226. The lowest BCUT2D eigenvalue weighted by molar-refractivity contribution is 0.161. The van der Waals surface area contributed by atoms with Crippen molar-refractivity contribution >= 4 is 33.9 Å². The maximum Gasteiger partial charge on any atom is 0.393 e. The van der Waals surface area contributed by atoms with E-state index in [4.69, 9.17) is 13.8 Å². The van der Waals surface area contributed by atoms with E-state index >= 15 is 0 Å². The van der Waals surface area contributed by atoms with E-state index in [1.54, 1.807) is 0 Å². The zero-order valence-corrected chi connectivity index (χ0v) is 21.4. The van der Waals surface area contributed by atoms with Gasteiger partial charge < -0.3 is 13.8 Å². The molecule has 5 rings (SSSR count). The van der Waals surface area contributed by atoms with Crippen LogP contribution < -0.4 is 4.74 Å². The van der Waals surface area contributed by atoms with Crippen LogP contribution in [0.5, 0.6) is 5.75 Å². The molecule has 0 N–H and O–H groups in total. The summed E-state index contributed by atoms with van der Waals surface area (Å²) in [7, 11) is 0. The molecule has 0 fully saturated rings. The van der Waals surface area contributed by atoms with Gasteiger partial charge in [0.1, 0.15) is 5.75 Å². The SMILES string of the molecule is CCOP(=O)(OCC)SC1=CC(c2ccccc2)(c2ccc3ccccc3c2)Oc2ccccc21. The molecule has 0 saturated carbocycles. The summed E-state index contributed by atoms with van der Waals surface area (Å²) < 4.78 is 31.7. The van der Waals surface area contributed by atoms with Crippen LogP contribution in [0.1, 0.15) is 30.5 Å². The Hall–Kier alpha value is -2.82. The Bertz CT molecular complexity index is 1410. The fourth-order valence-corrected chi connectivity index (χ4v) is 8.05. The topological polar surface area (TPSA) is 44.8 Å². The molecule has 1 atom stereocenters. The minimum Gasteiger partial charge on any atom is -0.473 e. The summed E-state index contributed by atoms with van der Waals surface area (Å²) in [5, 5.41) is 2.28. The van der Waals surface area contributed by atoms with Gasteiger partial charge in [0.15, 0.2) is 5.60 Å². The summed E-state index contributed by atoms with van der Waals surface area (Å²) in [5.41, 5.74) is 1.90. The molecule has 4 nitrogen and oxygen atoms in total. The lowest BCUT2D eigenvalue weighted by atomic mass is 9.83. The van der Waals surface area contributed by atoms with Gasteiger partial charge in [-0.3, -0.25) is 0 Å². The Morgan fingerprint density at radius 2 is 1.43 bits per heavy atom. The molecule has 0 bridgehead atoms. The van der Waals surface area contributed by atoms with E-state index in [9.17, 15) is 4.57 Å². The van der Waals surface area contributed by atoms with Gasteiger partial charge in [-0.15, -0.1) is 0 Å². The number of hydrogen-bond donors (Lipinski definition) is 0. The average molecular weight is 503 g/mol. The number of rotatable bonds is 8. The third-order valence-corrected chi connectivity index (χ3v) is 9.72. The smallest absolute Gasteiger partial charge is 0.393 e. The highest BCUT2D eigenvalue weighted by Crippen LogP contribution is 2.67. The summed E-state index contributed by atoms with van der Waals surface area (Å²) in [6.45, 7) is 0.805. The second kappa shape index (κ2) is 10.0. The molecule has 0 amide bonds. The van der Waals surface area contributed by atoms with Crippen LogP contribution in [0.4, 0.5) is 0 Å². The lowest BCUT2D eigenvalue weighted by Gasteiger charge is -2.38. The van der Waals surface area contributed by atoms with Gasteiger partial charge >= 0.3 is 6.80 Å². The summed E-state index contributed by atoms with van der Waals surface area (Å²) in [5.74, 6) is 0.717. The summed E-state index contributed by atoms with van der Waals surface area (Å²) in [4.78, 5) is 0.800. The van der Waals surface area contributed by atoms with Crippen molar-refractivity contribution in [1.29, 1.82) is 0 Å². The first kappa shape index (κ1) is 23.9. The van der Waals surface area contributed by atoms with Crippen molar-refractivity contribution < 1.29 is 18.3 Å². The van der Waals surface area contributed by atoms with E-state index in [1.807, 2.05) is 68.4 Å². The molecular formula is C29H27O4PS. The highest BCUT2D eigenvalue weighted by Gasteiger charge is 2.41. The van der Waals surface area contributed by atoms with E-state index in [0.717, 1.165) is 43.7 Å². The Labute approximate surface area is 210 Å². The van der Waals surface area contributed by atoms with Crippen molar-refractivity contribution in [1.82, 2.24) is 0 Å². The molecule has 0 aliphatic carbocycles. The van der Waals surface area contributed by atoms with Crippen molar-refractivity contribution in [2.75, 3.05) is 13.2 Å². The van der Waals surface area contributed by atoms with Crippen LogP contribution in [0.25, 0.3) is 15.7 Å². The first-order valence-electron chi connectivity index (χ1n) is 11.7. The monoisotopic (exact) mass is 502 g/mol. The van der Waals surface area contributed by atoms with Gasteiger partial charge in [-0.2, -0.15) is 0 Å². The van der Waals surface area contributed by atoms with Gasteiger partial charge in [-0.05, 0) is 54.2 Å². The Morgan fingerprint density at radius 1 is 0.771 bits per heavy atom. The van der Waals surface area contributed by atoms with E-state index < -0.39 is 12.4 Å². The van der Waals surface area contributed by atoms with Crippen molar-refractivity contribution in [3.8, 4) is 5.75 Å². The molecular weight excluding hydrogens is 475 g/mol. The summed E-state index contributed by atoms with van der Waals surface area (Å²) in [6, 6.07) is 32.6. The molecule has 0 radical (unpaired) electrons. The Morgan fingerprint density at radius 3 is 2.17 bits per heavy atom. The van der Waals surface area contributed by atoms with Gasteiger partial charge in [0.05, 0.1) is 13.2 Å². The largest absolute Gasteiger partial charge is 0.473 e. The first-order valence-corrected chi connectivity index (χ1v) is 14.7. The van der Waals surface area contributed by atoms with Crippen LogP contribution in [0.2, 0.25) is 0 Å². The molecule has 1 aliphatic heterocycles. The molecule has 0 aromatic heterocycles. The van der Waals surface area contributed by atoms with E-state index in [2.05, 4.69) is 48.5 Å². The van der Waals surface area contributed by atoms with Gasteiger partial charge in [0.2, 0.25) is 0 Å². The van der Waals surface area contributed by atoms with Crippen molar-refractivity contribution in [3.63, 3.8) is 0 Å². The van der Waals surface area contributed by atoms with Crippen LogP contribution in [-0.2, 0) is 19.2 Å². The molecule has 4 aromatic rings. The van der Waals surface area contributed by atoms with Crippen LogP contribution in [0.3, 0.4) is 0 Å². The predicted molar refractivity (Wildman–Crippen MR) is 145 cm³/mol. The first-order chi connectivity index (χ1) is 17.1. The van der Waals surface area contributed by atoms with Crippen LogP contribution in [0, 0.1) is 0 Å². The highest BCUT2D eigenvalue weighted by molar-refractivity contribution is 8.59. The molecule has 178 valence electrons. The van der Waals surface area contributed by atoms with Crippen LogP contribution in [-0.4, -0.2) is 13.2 Å². The molecule has 0 spiro atoms.